The highest BCUT2D eigenvalue weighted by molar-refractivity contribution is 5.92. The molecule has 0 aliphatic rings. The van der Waals surface area contributed by atoms with Gasteiger partial charge in [-0.05, 0) is 29.8 Å². The van der Waals surface area contributed by atoms with Gasteiger partial charge in [0.2, 0.25) is 0 Å². The molecule has 1 aromatic carbocycles. The van der Waals surface area contributed by atoms with Gasteiger partial charge in [-0.25, -0.2) is 9.37 Å². The fourth-order valence-corrected chi connectivity index (χ4v) is 1.34. The molecule has 1 heterocycles. The molecular weight excluding hydrogens is 247 g/mol. The van der Waals surface area contributed by atoms with Gasteiger partial charge in [0.1, 0.15) is 11.5 Å². The van der Waals surface area contributed by atoms with E-state index in [0.717, 1.165) is 0 Å². The molecule has 1 aromatic heterocycles. The predicted molar refractivity (Wildman–Crippen MR) is 68.1 cm³/mol. The third-order valence-electron chi connectivity index (χ3n) is 2.32. The number of hydrazine groups is 1. The van der Waals surface area contributed by atoms with Crippen LogP contribution in [0.4, 0.5) is 4.39 Å². The van der Waals surface area contributed by atoms with Gasteiger partial charge >= 0.3 is 0 Å². The van der Waals surface area contributed by atoms with Crippen molar-refractivity contribution in [2.75, 3.05) is 0 Å². The Balaban J connectivity index is 1.94. The first-order valence-corrected chi connectivity index (χ1v) is 5.44. The van der Waals surface area contributed by atoms with Gasteiger partial charge in [0.25, 0.3) is 5.91 Å². The predicted octanol–water partition coefficient (Wildman–Crippen LogP) is 1.52. The monoisotopic (exact) mass is 258 g/mol. The number of rotatable bonds is 4. The van der Waals surface area contributed by atoms with Gasteiger partial charge in [0.05, 0.1) is 11.9 Å². The van der Waals surface area contributed by atoms with Crippen molar-refractivity contribution in [1.29, 1.82) is 0 Å². The minimum absolute atomic E-state index is 0.182. The van der Waals surface area contributed by atoms with Crippen molar-refractivity contribution in [3.63, 3.8) is 0 Å². The molecule has 0 saturated heterocycles. The Morgan fingerprint density at radius 3 is 2.53 bits per heavy atom. The summed E-state index contributed by atoms with van der Waals surface area (Å²) in [4.78, 5) is 19.3. The van der Waals surface area contributed by atoms with E-state index in [-0.39, 0.29) is 11.5 Å². The van der Waals surface area contributed by atoms with E-state index < -0.39 is 5.91 Å². The molecule has 1 amide bonds. The molecule has 0 atom stereocenters. The summed E-state index contributed by atoms with van der Waals surface area (Å²) in [5.41, 5.74) is 6.35. The van der Waals surface area contributed by atoms with E-state index in [0.29, 0.717) is 11.3 Å². The van der Waals surface area contributed by atoms with Gasteiger partial charge < -0.3 is 0 Å². The van der Waals surface area contributed by atoms with Crippen molar-refractivity contribution < 1.29 is 9.18 Å². The van der Waals surface area contributed by atoms with E-state index in [9.17, 15) is 9.18 Å². The second-order valence-electron chi connectivity index (χ2n) is 3.66. The summed E-state index contributed by atoms with van der Waals surface area (Å²) < 4.78 is 12.8. The molecule has 0 saturated carbocycles. The normalized spacial score (nSPS) is 9.74. The highest BCUT2D eigenvalue weighted by Gasteiger charge is 2.06. The number of nitrogens with zero attached hydrogens (tertiary/aromatic N) is 2. The van der Waals surface area contributed by atoms with Crippen LogP contribution in [0.2, 0.25) is 0 Å². The molecule has 19 heavy (non-hydrogen) atoms. The van der Waals surface area contributed by atoms with E-state index in [4.69, 9.17) is 0 Å². The topological polar surface area (TPSA) is 66.9 Å². The third kappa shape index (κ3) is 3.35. The van der Waals surface area contributed by atoms with Gasteiger partial charge in [-0.1, -0.05) is 6.58 Å². The molecule has 2 aromatic rings. The molecule has 0 aliphatic heterocycles. The van der Waals surface area contributed by atoms with Crippen molar-refractivity contribution in [2.24, 2.45) is 0 Å². The number of carbonyl (C=O) groups excluding carboxylic acids is 1. The molecule has 6 heteroatoms. The van der Waals surface area contributed by atoms with Gasteiger partial charge in [-0.15, -0.1) is 0 Å². The highest BCUT2D eigenvalue weighted by Crippen LogP contribution is 2.09. The molecule has 96 valence electrons. The standard InChI is InChI=1S/C13H11FN4O/c1-9(10-2-4-11(14)5-3-10)17-18-13(19)12-8-15-6-7-16-12/h2-8,17H,1H2,(H,18,19). The van der Waals surface area contributed by atoms with Crippen LogP contribution in [-0.2, 0) is 0 Å². The van der Waals surface area contributed by atoms with Crippen LogP contribution in [-0.4, -0.2) is 15.9 Å². The molecular formula is C13H11FN4O. The molecule has 0 fully saturated rings. The zero-order valence-corrected chi connectivity index (χ0v) is 9.93. The molecule has 2 rings (SSSR count). The first-order valence-electron chi connectivity index (χ1n) is 5.44. The number of hydrogen-bond acceptors (Lipinski definition) is 4. The fraction of sp³-hybridized carbons (Fsp3) is 0. The van der Waals surface area contributed by atoms with Crippen molar-refractivity contribution in [3.8, 4) is 0 Å². The average molecular weight is 258 g/mol. The molecule has 5 nitrogen and oxygen atoms in total. The lowest BCUT2D eigenvalue weighted by Crippen LogP contribution is -2.36. The summed E-state index contributed by atoms with van der Waals surface area (Å²) in [7, 11) is 0. The van der Waals surface area contributed by atoms with Gasteiger partial charge in [-0.2, -0.15) is 0 Å². The maximum Gasteiger partial charge on any atom is 0.289 e. The Labute approximate surface area is 109 Å². The maximum absolute atomic E-state index is 12.8. The van der Waals surface area contributed by atoms with Crippen LogP contribution in [0.5, 0.6) is 0 Å². The van der Waals surface area contributed by atoms with Crippen molar-refractivity contribution in [1.82, 2.24) is 20.8 Å². The molecule has 0 spiro atoms. The summed E-state index contributed by atoms with van der Waals surface area (Å²) in [5.74, 6) is -0.767. The number of aromatic nitrogens is 2. The van der Waals surface area contributed by atoms with E-state index in [1.807, 2.05) is 0 Å². The molecule has 0 unspecified atom stereocenters. The fourth-order valence-electron chi connectivity index (χ4n) is 1.34. The molecule has 0 aliphatic carbocycles. The van der Waals surface area contributed by atoms with Crippen LogP contribution in [0.25, 0.3) is 5.70 Å². The number of halogens is 1. The second kappa shape index (κ2) is 5.72. The molecule has 0 radical (unpaired) electrons. The van der Waals surface area contributed by atoms with Crippen LogP contribution in [0.1, 0.15) is 16.1 Å². The van der Waals surface area contributed by atoms with Crippen LogP contribution in [0.15, 0.2) is 49.4 Å². The minimum atomic E-state index is -0.434. The molecule has 2 N–H and O–H groups in total. The first kappa shape index (κ1) is 12.7. The van der Waals surface area contributed by atoms with E-state index in [1.54, 1.807) is 12.1 Å². The first-order chi connectivity index (χ1) is 9.16. The van der Waals surface area contributed by atoms with Gasteiger partial charge in [0.15, 0.2) is 0 Å². The lowest BCUT2D eigenvalue weighted by Gasteiger charge is -2.10. The Bertz CT molecular complexity index is 583. The van der Waals surface area contributed by atoms with Crippen LogP contribution in [0, 0.1) is 5.82 Å². The summed E-state index contributed by atoms with van der Waals surface area (Å²) in [6.45, 7) is 3.74. The lowest BCUT2D eigenvalue weighted by atomic mass is 10.2. The van der Waals surface area contributed by atoms with E-state index >= 15 is 0 Å². The average Bonchev–Trinajstić information content (AvgIpc) is 2.46. The Hall–Kier alpha value is -2.76. The zero-order chi connectivity index (χ0) is 13.7. The highest BCUT2D eigenvalue weighted by atomic mass is 19.1. The van der Waals surface area contributed by atoms with E-state index in [1.165, 1.54) is 30.7 Å². The lowest BCUT2D eigenvalue weighted by molar-refractivity contribution is 0.0937. The Morgan fingerprint density at radius 2 is 1.89 bits per heavy atom. The van der Waals surface area contributed by atoms with Crippen molar-refractivity contribution >= 4 is 11.6 Å². The van der Waals surface area contributed by atoms with Crippen molar-refractivity contribution in [3.05, 3.63) is 66.5 Å². The number of carbonyl (C=O) groups is 1. The van der Waals surface area contributed by atoms with Crippen molar-refractivity contribution in [2.45, 2.75) is 0 Å². The molecule has 0 bridgehead atoms. The summed E-state index contributed by atoms with van der Waals surface area (Å²) in [6.07, 6.45) is 4.24. The smallest absolute Gasteiger partial charge is 0.289 e. The van der Waals surface area contributed by atoms with Crippen LogP contribution in [0.3, 0.4) is 0 Å². The Kier molecular flexibility index (Phi) is 3.82. The largest absolute Gasteiger partial charge is 0.298 e. The number of amides is 1. The second-order valence-corrected chi connectivity index (χ2v) is 3.66. The van der Waals surface area contributed by atoms with Gasteiger partial charge in [-0.3, -0.25) is 20.6 Å². The maximum atomic E-state index is 12.8. The number of nitrogens with one attached hydrogen (secondary N) is 2. The minimum Gasteiger partial charge on any atom is -0.298 e. The van der Waals surface area contributed by atoms with Crippen LogP contribution >= 0.6 is 0 Å². The third-order valence-corrected chi connectivity index (χ3v) is 2.32. The van der Waals surface area contributed by atoms with E-state index in [2.05, 4.69) is 27.4 Å². The summed E-state index contributed by atoms with van der Waals surface area (Å²) >= 11 is 0. The summed E-state index contributed by atoms with van der Waals surface area (Å²) in [6, 6.07) is 5.73. The Morgan fingerprint density at radius 1 is 1.16 bits per heavy atom. The number of benzene rings is 1. The van der Waals surface area contributed by atoms with Crippen LogP contribution < -0.4 is 10.9 Å². The quantitative estimate of drug-likeness (QED) is 0.816. The summed E-state index contributed by atoms with van der Waals surface area (Å²) in [5, 5.41) is 0. The van der Waals surface area contributed by atoms with Gasteiger partial charge in [0, 0.05) is 12.4 Å². The zero-order valence-electron chi connectivity index (χ0n) is 9.93. The SMILES string of the molecule is C=C(NNC(=O)c1cnccn1)c1ccc(F)cc1. The number of hydrogen-bond donors (Lipinski definition) is 2.